The van der Waals surface area contributed by atoms with Crippen LogP contribution in [0.2, 0.25) is 0 Å². The molecule has 0 amide bonds. The molecule has 0 saturated carbocycles. The molecule has 3 rings (SSSR count). The van der Waals surface area contributed by atoms with E-state index in [9.17, 15) is 9.18 Å². The van der Waals surface area contributed by atoms with Crippen molar-refractivity contribution in [1.82, 2.24) is 0 Å². The normalized spacial score (nSPS) is 19.0. The summed E-state index contributed by atoms with van der Waals surface area (Å²) in [6.45, 7) is 0. The number of hydrogen-bond acceptors (Lipinski definition) is 1. The van der Waals surface area contributed by atoms with Gasteiger partial charge in [-0.1, -0.05) is 48.6 Å². The minimum absolute atomic E-state index is 0.211. The van der Waals surface area contributed by atoms with Gasteiger partial charge in [0.15, 0.2) is 0 Å². The van der Waals surface area contributed by atoms with Gasteiger partial charge >= 0.3 is 0 Å². The van der Waals surface area contributed by atoms with E-state index in [0.29, 0.717) is 5.92 Å². The van der Waals surface area contributed by atoms with Crippen molar-refractivity contribution in [3.63, 3.8) is 0 Å². The third-order valence-electron chi connectivity index (χ3n) is 4.36. The quantitative estimate of drug-likeness (QED) is 0.569. The van der Waals surface area contributed by atoms with E-state index in [0.717, 1.165) is 42.2 Å². The van der Waals surface area contributed by atoms with Gasteiger partial charge in [-0.05, 0) is 65.7 Å². The highest BCUT2D eigenvalue weighted by Gasteiger charge is 2.23. The van der Waals surface area contributed by atoms with E-state index in [2.05, 4.69) is 24.3 Å². The fraction of sp³-hybridized carbons (Fsp3) is 0.190. The van der Waals surface area contributed by atoms with Crippen LogP contribution in [0.15, 0.2) is 60.7 Å². The Balaban J connectivity index is 1.80. The highest BCUT2D eigenvalue weighted by molar-refractivity contribution is 5.84. The molecule has 0 saturated heterocycles. The predicted molar refractivity (Wildman–Crippen MR) is 92.3 cm³/mol. The van der Waals surface area contributed by atoms with Gasteiger partial charge in [0, 0.05) is 0 Å². The summed E-state index contributed by atoms with van der Waals surface area (Å²) in [5.74, 6) is 0.0924. The first-order valence-electron chi connectivity index (χ1n) is 7.93. The maximum absolute atomic E-state index is 13.4. The Morgan fingerprint density at radius 3 is 2.74 bits per heavy atom. The second kappa shape index (κ2) is 7.19. The monoisotopic (exact) mass is 306 g/mol. The molecule has 23 heavy (non-hydrogen) atoms. The molecule has 1 unspecified atom stereocenters. The lowest BCUT2D eigenvalue weighted by Gasteiger charge is -2.27. The molecule has 116 valence electrons. The first kappa shape index (κ1) is 15.4. The van der Waals surface area contributed by atoms with Crippen LogP contribution in [0.4, 0.5) is 4.39 Å². The van der Waals surface area contributed by atoms with E-state index in [-0.39, 0.29) is 5.82 Å². The summed E-state index contributed by atoms with van der Waals surface area (Å²) >= 11 is 0. The van der Waals surface area contributed by atoms with Gasteiger partial charge in [-0.25, -0.2) is 4.39 Å². The van der Waals surface area contributed by atoms with Crippen LogP contribution in [-0.2, 0) is 11.2 Å². The second-order valence-electron chi connectivity index (χ2n) is 5.84. The van der Waals surface area contributed by atoms with Gasteiger partial charge in [0.2, 0.25) is 0 Å². The smallest absolute Gasteiger partial charge is 0.143 e. The van der Waals surface area contributed by atoms with Crippen molar-refractivity contribution in [3.8, 4) is 0 Å². The van der Waals surface area contributed by atoms with E-state index >= 15 is 0 Å². The molecule has 0 heterocycles. The van der Waals surface area contributed by atoms with Crippen LogP contribution in [0, 0.1) is 11.7 Å². The maximum atomic E-state index is 13.4. The Morgan fingerprint density at radius 2 is 1.96 bits per heavy atom. The first-order chi connectivity index (χ1) is 11.3. The standard InChI is InChI=1S/C21H19FO/c22-19-11-12-20-18(15-19)10-9-17(21(20)13-14-23)8-4-7-16-5-2-1-3-6-16/h1-7,11-15,17H,8-10H2/b7-4+,21-13+. The minimum atomic E-state index is -0.211. The molecule has 0 spiro atoms. The average Bonchev–Trinajstić information content (AvgIpc) is 2.57. The topological polar surface area (TPSA) is 17.1 Å². The van der Waals surface area contributed by atoms with Crippen molar-refractivity contribution in [2.75, 3.05) is 0 Å². The number of halogens is 1. The molecule has 0 N–H and O–H groups in total. The van der Waals surface area contributed by atoms with Gasteiger partial charge in [0.1, 0.15) is 12.1 Å². The van der Waals surface area contributed by atoms with Gasteiger partial charge in [-0.3, -0.25) is 4.79 Å². The summed E-state index contributed by atoms with van der Waals surface area (Å²) in [6.07, 6.45) is 9.41. The lowest BCUT2D eigenvalue weighted by Crippen LogP contribution is -2.13. The van der Waals surface area contributed by atoms with Gasteiger partial charge in [0.05, 0.1) is 0 Å². The van der Waals surface area contributed by atoms with Crippen molar-refractivity contribution in [3.05, 3.63) is 83.2 Å². The highest BCUT2D eigenvalue weighted by Crippen LogP contribution is 2.37. The lowest BCUT2D eigenvalue weighted by molar-refractivity contribution is -0.104. The Morgan fingerprint density at radius 1 is 1.13 bits per heavy atom. The number of hydrogen-bond donors (Lipinski definition) is 0. The highest BCUT2D eigenvalue weighted by atomic mass is 19.1. The fourth-order valence-electron chi connectivity index (χ4n) is 3.23. The number of carbonyl (C=O) groups excluding carboxylic acids is 1. The maximum Gasteiger partial charge on any atom is 0.143 e. The van der Waals surface area contributed by atoms with Crippen LogP contribution in [0.3, 0.4) is 0 Å². The number of allylic oxidation sites excluding steroid dienone is 3. The average molecular weight is 306 g/mol. The molecule has 2 aromatic carbocycles. The first-order valence-corrected chi connectivity index (χ1v) is 7.93. The summed E-state index contributed by atoms with van der Waals surface area (Å²) in [7, 11) is 0. The molecule has 0 fully saturated rings. The molecular formula is C21H19FO. The third-order valence-corrected chi connectivity index (χ3v) is 4.36. The molecule has 2 heteroatoms. The minimum Gasteiger partial charge on any atom is -0.299 e. The molecule has 0 aromatic heterocycles. The van der Waals surface area contributed by atoms with Crippen molar-refractivity contribution in [1.29, 1.82) is 0 Å². The number of benzene rings is 2. The third kappa shape index (κ3) is 3.65. The molecule has 1 nitrogen and oxygen atoms in total. The van der Waals surface area contributed by atoms with E-state index < -0.39 is 0 Å². The van der Waals surface area contributed by atoms with Crippen LogP contribution in [0.25, 0.3) is 11.6 Å². The Bertz CT molecular complexity index is 744. The van der Waals surface area contributed by atoms with Crippen LogP contribution >= 0.6 is 0 Å². The summed E-state index contributed by atoms with van der Waals surface area (Å²) in [5.41, 5.74) is 4.22. The summed E-state index contributed by atoms with van der Waals surface area (Å²) in [4.78, 5) is 11.0. The number of carbonyl (C=O) groups is 1. The van der Waals surface area contributed by atoms with Gasteiger partial charge in [-0.2, -0.15) is 0 Å². The SMILES string of the molecule is O=C/C=C1/c2ccc(F)cc2CCC1C/C=C/c1ccccc1. The van der Waals surface area contributed by atoms with Crippen LogP contribution in [0.5, 0.6) is 0 Å². The molecule has 1 aliphatic rings. The molecule has 0 bridgehead atoms. The number of aldehydes is 1. The summed E-state index contributed by atoms with van der Waals surface area (Å²) in [5, 5.41) is 0. The molecule has 2 aromatic rings. The second-order valence-corrected chi connectivity index (χ2v) is 5.84. The predicted octanol–water partition coefficient (Wildman–Crippen LogP) is 5.07. The Kier molecular flexibility index (Phi) is 4.82. The molecular weight excluding hydrogens is 287 g/mol. The number of aryl methyl sites for hydroxylation is 1. The van der Waals surface area contributed by atoms with Crippen molar-refractivity contribution in [2.45, 2.75) is 19.3 Å². The van der Waals surface area contributed by atoms with Crippen LogP contribution < -0.4 is 0 Å². The van der Waals surface area contributed by atoms with Crippen molar-refractivity contribution in [2.24, 2.45) is 5.92 Å². The number of fused-ring (bicyclic) bond motifs is 1. The van der Waals surface area contributed by atoms with E-state index in [1.807, 2.05) is 18.2 Å². The Hall–Kier alpha value is -2.48. The van der Waals surface area contributed by atoms with Gasteiger partial charge in [-0.15, -0.1) is 0 Å². The fourth-order valence-corrected chi connectivity index (χ4v) is 3.23. The van der Waals surface area contributed by atoms with Gasteiger partial charge < -0.3 is 0 Å². The van der Waals surface area contributed by atoms with Crippen molar-refractivity contribution >= 4 is 17.9 Å². The van der Waals surface area contributed by atoms with Crippen LogP contribution in [-0.4, -0.2) is 6.29 Å². The zero-order valence-electron chi connectivity index (χ0n) is 12.9. The molecule has 0 aliphatic heterocycles. The molecule has 1 aliphatic carbocycles. The Labute approximate surface area is 136 Å². The summed E-state index contributed by atoms with van der Waals surface area (Å²) < 4.78 is 13.4. The van der Waals surface area contributed by atoms with Crippen molar-refractivity contribution < 1.29 is 9.18 Å². The van der Waals surface area contributed by atoms with E-state index in [4.69, 9.17) is 0 Å². The largest absolute Gasteiger partial charge is 0.299 e. The number of rotatable bonds is 4. The van der Waals surface area contributed by atoms with E-state index in [1.54, 1.807) is 18.2 Å². The van der Waals surface area contributed by atoms with Crippen LogP contribution in [0.1, 0.15) is 29.5 Å². The zero-order valence-corrected chi connectivity index (χ0v) is 12.9. The summed E-state index contributed by atoms with van der Waals surface area (Å²) in [6, 6.07) is 15.0. The zero-order chi connectivity index (χ0) is 16.1. The molecule has 0 radical (unpaired) electrons. The lowest BCUT2D eigenvalue weighted by atomic mass is 9.77. The van der Waals surface area contributed by atoms with Gasteiger partial charge in [0.25, 0.3) is 0 Å². The van der Waals surface area contributed by atoms with E-state index in [1.165, 1.54) is 11.6 Å². The molecule has 1 atom stereocenters.